The molecule has 0 heterocycles. The van der Waals surface area contributed by atoms with E-state index >= 15 is 0 Å². The minimum absolute atomic E-state index is 0.138. The van der Waals surface area contributed by atoms with E-state index in [2.05, 4.69) is 36.6 Å². The predicted octanol–water partition coefficient (Wildman–Crippen LogP) is 3.87. The van der Waals surface area contributed by atoms with E-state index in [-0.39, 0.29) is 19.5 Å². The second-order valence-corrected chi connectivity index (χ2v) is 7.37. The average Bonchev–Trinajstić information content (AvgIpc) is 2.30. The molecule has 9 heteroatoms. The van der Waals surface area contributed by atoms with Crippen LogP contribution in [-0.4, -0.2) is 8.42 Å². The highest BCUT2D eigenvalue weighted by molar-refractivity contribution is 9.11. The van der Waals surface area contributed by atoms with Crippen molar-refractivity contribution < 1.29 is 17.2 Å². The van der Waals surface area contributed by atoms with Crippen molar-refractivity contribution in [3.05, 3.63) is 50.9 Å². The highest BCUT2D eigenvalue weighted by atomic mass is 79.9. The van der Waals surface area contributed by atoms with Gasteiger partial charge < -0.3 is 5.73 Å². The normalized spacial score (nSPS) is 11.4. The first-order valence-corrected chi connectivity index (χ1v) is 8.50. The van der Waals surface area contributed by atoms with Crippen LogP contribution in [0, 0.1) is 11.6 Å². The standard InChI is InChI=1S/C12H8Br2F2N2O2S/c13-8-4-7(17)5-9(14)12(8)21(19,20)18-11-2-1-6(15)3-10(11)16/h1-5,18H,17H2. The fourth-order valence-electron chi connectivity index (χ4n) is 1.60. The van der Waals surface area contributed by atoms with Gasteiger partial charge in [0, 0.05) is 20.7 Å². The number of sulfonamides is 1. The van der Waals surface area contributed by atoms with Crippen molar-refractivity contribution in [1.82, 2.24) is 0 Å². The summed E-state index contributed by atoms with van der Waals surface area (Å²) in [5.41, 5.74) is 5.58. The van der Waals surface area contributed by atoms with Gasteiger partial charge in [0.15, 0.2) is 0 Å². The van der Waals surface area contributed by atoms with Crippen LogP contribution in [0.2, 0.25) is 0 Å². The Morgan fingerprint density at radius 3 is 2.14 bits per heavy atom. The molecule has 0 atom stereocenters. The zero-order chi connectivity index (χ0) is 15.8. The third kappa shape index (κ3) is 3.53. The highest BCUT2D eigenvalue weighted by Gasteiger charge is 2.23. The number of rotatable bonds is 3. The molecule has 0 aliphatic heterocycles. The van der Waals surface area contributed by atoms with Crippen LogP contribution in [0.25, 0.3) is 0 Å². The number of anilines is 2. The van der Waals surface area contributed by atoms with Crippen molar-refractivity contribution >= 4 is 53.3 Å². The Morgan fingerprint density at radius 2 is 1.62 bits per heavy atom. The van der Waals surface area contributed by atoms with Crippen molar-refractivity contribution in [2.75, 3.05) is 10.5 Å². The molecule has 0 aromatic heterocycles. The number of nitrogens with one attached hydrogen (secondary N) is 1. The molecule has 2 rings (SSSR count). The maximum atomic E-state index is 13.6. The van der Waals surface area contributed by atoms with Crippen molar-refractivity contribution in [2.45, 2.75) is 4.90 Å². The summed E-state index contributed by atoms with van der Waals surface area (Å²) in [6.45, 7) is 0. The zero-order valence-corrected chi connectivity index (χ0v) is 14.2. The molecule has 0 bridgehead atoms. The van der Waals surface area contributed by atoms with Gasteiger partial charge in [-0.2, -0.15) is 0 Å². The fourth-order valence-corrected chi connectivity index (χ4v) is 5.29. The Morgan fingerprint density at radius 1 is 1.05 bits per heavy atom. The van der Waals surface area contributed by atoms with Gasteiger partial charge in [-0.15, -0.1) is 0 Å². The van der Waals surface area contributed by atoms with Gasteiger partial charge in [0.1, 0.15) is 16.5 Å². The Hall–Kier alpha value is -1.19. The lowest BCUT2D eigenvalue weighted by molar-refractivity contribution is 0.582. The maximum absolute atomic E-state index is 13.6. The Labute approximate surface area is 136 Å². The van der Waals surface area contributed by atoms with Gasteiger partial charge in [-0.3, -0.25) is 4.72 Å². The third-order valence-corrected chi connectivity index (χ3v) is 5.71. The molecule has 0 saturated heterocycles. The quantitative estimate of drug-likeness (QED) is 0.710. The number of nitrogen functional groups attached to an aromatic ring is 1. The SMILES string of the molecule is Nc1cc(Br)c(S(=O)(=O)Nc2ccc(F)cc2F)c(Br)c1. The Bertz CT molecular complexity index is 790. The van der Waals surface area contributed by atoms with E-state index < -0.39 is 21.7 Å². The molecule has 2 aromatic rings. The summed E-state index contributed by atoms with van der Waals surface area (Å²) in [7, 11) is -4.09. The first kappa shape index (κ1) is 16.2. The molecule has 0 aliphatic carbocycles. The van der Waals surface area contributed by atoms with Crippen LogP contribution in [0.1, 0.15) is 0 Å². The minimum Gasteiger partial charge on any atom is -0.399 e. The fraction of sp³-hybridized carbons (Fsp3) is 0. The molecule has 0 fully saturated rings. The van der Waals surface area contributed by atoms with Gasteiger partial charge in [0.05, 0.1) is 5.69 Å². The van der Waals surface area contributed by atoms with Gasteiger partial charge in [0.2, 0.25) is 0 Å². The van der Waals surface area contributed by atoms with E-state index in [0.717, 1.165) is 12.1 Å². The summed E-state index contributed by atoms with van der Waals surface area (Å²) in [5, 5.41) is 0. The zero-order valence-electron chi connectivity index (χ0n) is 10.2. The molecular weight excluding hydrogens is 434 g/mol. The Kier molecular flexibility index (Phi) is 4.54. The lowest BCUT2D eigenvalue weighted by Gasteiger charge is -2.12. The lowest BCUT2D eigenvalue weighted by Crippen LogP contribution is -2.15. The topological polar surface area (TPSA) is 72.2 Å². The molecule has 21 heavy (non-hydrogen) atoms. The van der Waals surface area contributed by atoms with E-state index in [0.29, 0.717) is 11.8 Å². The van der Waals surface area contributed by atoms with Crippen LogP contribution in [0.4, 0.5) is 20.2 Å². The van der Waals surface area contributed by atoms with Crippen LogP contribution >= 0.6 is 31.9 Å². The van der Waals surface area contributed by atoms with E-state index in [1.165, 1.54) is 12.1 Å². The van der Waals surface area contributed by atoms with E-state index in [9.17, 15) is 17.2 Å². The molecule has 112 valence electrons. The number of nitrogens with two attached hydrogens (primary N) is 1. The van der Waals surface area contributed by atoms with Crippen LogP contribution in [0.5, 0.6) is 0 Å². The summed E-state index contributed by atoms with van der Waals surface area (Å²) in [5.74, 6) is -1.81. The first-order valence-electron chi connectivity index (χ1n) is 5.43. The summed E-state index contributed by atoms with van der Waals surface area (Å²) in [6.07, 6.45) is 0. The van der Waals surface area contributed by atoms with E-state index in [1.54, 1.807) is 0 Å². The van der Waals surface area contributed by atoms with Crippen molar-refractivity contribution in [2.24, 2.45) is 0 Å². The van der Waals surface area contributed by atoms with Crippen LogP contribution in [-0.2, 0) is 10.0 Å². The summed E-state index contributed by atoms with van der Waals surface area (Å²) < 4.78 is 53.5. The van der Waals surface area contributed by atoms with Crippen LogP contribution < -0.4 is 10.5 Å². The Balaban J connectivity index is 2.48. The summed E-state index contributed by atoms with van der Waals surface area (Å²) >= 11 is 6.19. The summed E-state index contributed by atoms with van der Waals surface area (Å²) in [6, 6.07) is 5.35. The van der Waals surface area contributed by atoms with Gasteiger partial charge in [-0.1, -0.05) is 0 Å². The van der Waals surface area contributed by atoms with Gasteiger partial charge in [-0.05, 0) is 56.1 Å². The average molecular weight is 442 g/mol. The van der Waals surface area contributed by atoms with E-state index in [4.69, 9.17) is 5.73 Å². The molecule has 0 amide bonds. The van der Waals surface area contributed by atoms with Crippen molar-refractivity contribution in [1.29, 1.82) is 0 Å². The number of hydrogen-bond donors (Lipinski definition) is 2. The van der Waals surface area contributed by atoms with Gasteiger partial charge in [0.25, 0.3) is 10.0 Å². The monoisotopic (exact) mass is 440 g/mol. The number of halogens is 4. The maximum Gasteiger partial charge on any atom is 0.264 e. The minimum atomic E-state index is -4.09. The molecule has 0 aliphatic rings. The molecule has 2 aromatic carbocycles. The second kappa shape index (κ2) is 5.90. The number of hydrogen-bond acceptors (Lipinski definition) is 3. The largest absolute Gasteiger partial charge is 0.399 e. The lowest BCUT2D eigenvalue weighted by atomic mass is 10.3. The predicted molar refractivity (Wildman–Crippen MR) is 83.4 cm³/mol. The van der Waals surface area contributed by atoms with Gasteiger partial charge in [-0.25, -0.2) is 17.2 Å². The molecule has 0 saturated carbocycles. The molecule has 4 nitrogen and oxygen atoms in total. The van der Waals surface area contributed by atoms with Crippen LogP contribution in [0.3, 0.4) is 0 Å². The van der Waals surface area contributed by atoms with Crippen molar-refractivity contribution in [3.63, 3.8) is 0 Å². The third-order valence-electron chi connectivity index (χ3n) is 2.46. The molecular formula is C12H8Br2F2N2O2S. The molecule has 3 N–H and O–H groups in total. The second-order valence-electron chi connectivity index (χ2n) is 4.04. The van der Waals surface area contributed by atoms with E-state index in [1.807, 2.05) is 0 Å². The van der Waals surface area contributed by atoms with Crippen LogP contribution in [0.15, 0.2) is 44.2 Å². The van der Waals surface area contributed by atoms with Gasteiger partial charge >= 0.3 is 0 Å². The van der Waals surface area contributed by atoms with Crippen molar-refractivity contribution in [3.8, 4) is 0 Å². The molecule has 0 spiro atoms. The molecule has 0 unspecified atom stereocenters. The molecule has 0 radical (unpaired) electrons. The number of benzene rings is 2. The summed E-state index contributed by atoms with van der Waals surface area (Å²) in [4.78, 5) is -0.138. The first-order chi connectivity index (χ1) is 9.70. The smallest absolute Gasteiger partial charge is 0.264 e. The highest BCUT2D eigenvalue weighted by Crippen LogP contribution is 2.33.